The van der Waals surface area contributed by atoms with E-state index in [0.717, 1.165) is 31.4 Å². The molecule has 1 heterocycles. The van der Waals surface area contributed by atoms with E-state index in [-0.39, 0.29) is 0 Å². The molecule has 4 heteroatoms. The summed E-state index contributed by atoms with van der Waals surface area (Å²) in [5.41, 5.74) is 1.58. The van der Waals surface area contributed by atoms with Gasteiger partial charge in [0.15, 0.2) is 0 Å². The number of nitriles is 1. The molecular weight excluding hydrogens is 246 g/mol. The van der Waals surface area contributed by atoms with Crippen molar-refractivity contribution in [1.82, 2.24) is 9.78 Å². The highest BCUT2D eigenvalue weighted by molar-refractivity contribution is 6.30. The molecule has 0 aliphatic heterocycles. The van der Waals surface area contributed by atoms with Crippen LogP contribution < -0.4 is 0 Å². The molecule has 2 fully saturated rings. The Labute approximate surface area is 113 Å². The van der Waals surface area contributed by atoms with Crippen molar-refractivity contribution in [2.24, 2.45) is 0 Å². The molecule has 1 aromatic heterocycles. The first-order valence-corrected chi connectivity index (χ1v) is 7.37. The highest BCUT2D eigenvalue weighted by Crippen LogP contribution is 2.43. The van der Waals surface area contributed by atoms with Crippen LogP contribution in [0.4, 0.5) is 0 Å². The van der Waals surface area contributed by atoms with E-state index in [1.807, 2.05) is 4.68 Å². The van der Waals surface area contributed by atoms with Crippen LogP contribution >= 0.6 is 11.6 Å². The molecule has 2 aliphatic rings. The van der Waals surface area contributed by atoms with Crippen LogP contribution in [0.25, 0.3) is 0 Å². The standard InChI is InChI=1S/C14H18ClN3/c15-14-12(9-16)13(10-7-8-10)17-18(14)11-5-3-1-2-4-6-11/h10-11H,1-8H2. The summed E-state index contributed by atoms with van der Waals surface area (Å²) in [4.78, 5) is 0. The first kappa shape index (κ1) is 12.0. The van der Waals surface area contributed by atoms with E-state index < -0.39 is 0 Å². The van der Waals surface area contributed by atoms with Gasteiger partial charge in [0.25, 0.3) is 0 Å². The fourth-order valence-electron chi connectivity index (χ4n) is 2.92. The fraction of sp³-hybridized carbons (Fsp3) is 0.714. The second kappa shape index (κ2) is 4.93. The summed E-state index contributed by atoms with van der Waals surface area (Å²) in [6, 6.07) is 2.65. The van der Waals surface area contributed by atoms with E-state index in [9.17, 15) is 5.26 Å². The van der Waals surface area contributed by atoms with Crippen LogP contribution in [0.5, 0.6) is 0 Å². The first-order valence-electron chi connectivity index (χ1n) is 6.99. The zero-order valence-electron chi connectivity index (χ0n) is 10.5. The van der Waals surface area contributed by atoms with Gasteiger partial charge in [0, 0.05) is 5.92 Å². The van der Waals surface area contributed by atoms with Crippen molar-refractivity contribution < 1.29 is 0 Å². The van der Waals surface area contributed by atoms with Gasteiger partial charge in [0.05, 0.1) is 11.7 Å². The zero-order valence-corrected chi connectivity index (χ0v) is 11.3. The van der Waals surface area contributed by atoms with Crippen molar-refractivity contribution in [3.05, 3.63) is 16.4 Å². The van der Waals surface area contributed by atoms with Crippen LogP contribution in [0, 0.1) is 11.3 Å². The Morgan fingerprint density at radius 3 is 2.33 bits per heavy atom. The maximum atomic E-state index is 9.26. The van der Waals surface area contributed by atoms with Gasteiger partial charge in [-0.2, -0.15) is 10.4 Å². The van der Waals surface area contributed by atoms with Gasteiger partial charge in [-0.3, -0.25) is 0 Å². The maximum Gasteiger partial charge on any atom is 0.145 e. The number of aromatic nitrogens is 2. The van der Waals surface area contributed by atoms with E-state index in [2.05, 4.69) is 11.2 Å². The van der Waals surface area contributed by atoms with Crippen molar-refractivity contribution in [3.8, 4) is 6.07 Å². The number of hydrogen-bond donors (Lipinski definition) is 0. The minimum atomic E-state index is 0.402. The Kier molecular flexibility index (Phi) is 3.30. The summed E-state index contributed by atoms with van der Waals surface area (Å²) < 4.78 is 1.94. The summed E-state index contributed by atoms with van der Waals surface area (Å²) in [7, 11) is 0. The molecule has 0 aromatic carbocycles. The van der Waals surface area contributed by atoms with Crippen LogP contribution in [-0.4, -0.2) is 9.78 Å². The lowest BCUT2D eigenvalue weighted by Crippen LogP contribution is -2.10. The molecular formula is C14H18ClN3. The smallest absolute Gasteiger partial charge is 0.145 e. The quantitative estimate of drug-likeness (QED) is 0.751. The minimum absolute atomic E-state index is 0.402. The van der Waals surface area contributed by atoms with Gasteiger partial charge in [-0.25, -0.2) is 4.68 Å². The lowest BCUT2D eigenvalue weighted by atomic mass is 10.1. The zero-order chi connectivity index (χ0) is 12.5. The van der Waals surface area contributed by atoms with Gasteiger partial charge in [0.2, 0.25) is 0 Å². The predicted molar refractivity (Wildman–Crippen MR) is 70.7 cm³/mol. The number of halogens is 1. The molecule has 0 bridgehead atoms. The van der Waals surface area contributed by atoms with Crippen LogP contribution in [0.15, 0.2) is 0 Å². The van der Waals surface area contributed by atoms with E-state index in [1.165, 1.54) is 25.7 Å². The molecule has 0 atom stereocenters. The summed E-state index contributed by atoms with van der Waals surface area (Å²) >= 11 is 6.37. The highest BCUT2D eigenvalue weighted by atomic mass is 35.5. The van der Waals surface area contributed by atoms with Crippen LogP contribution in [0.1, 0.15) is 74.6 Å². The highest BCUT2D eigenvalue weighted by Gasteiger charge is 2.32. The Bertz CT molecular complexity index is 474. The average Bonchev–Trinajstić information content (AvgIpc) is 3.18. The third kappa shape index (κ3) is 2.14. The van der Waals surface area contributed by atoms with Gasteiger partial charge in [0.1, 0.15) is 16.8 Å². The van der Waals surface area contributed by atoms with E-state index >= 15 is 0 Å². The molecule has 0 spiro atoms. The Morgan fingerprint density at radius 1 is 1.11 bits per heavy atom. The van der Waals surface area contributed by atoms with Crippen molar-refractivity contribution in [2.75, 3.05) is 0 Å². The van der Waals surface area contributed by atoms with E-state index in [1.54, 1.807) is 0 Å². The topological polar surface area (TPSA) is 41.6 Å². The molecule has 2 aliphatic carbocycles. The summed E-state index contributed by atoms with van der Waals surface area (Å²) in [5.74, 6) is 0.490. The Balaban J connectivity index is 1.93. The van der Waals surface area contributed by atoms with E-state index in [4.69, 9.17) is 11.6 Å². The van der Waals surface area contributed by atoms with Gasteiger partial charge in [-0.15, -0.1) is 0 Å². The monoisotopic (exact) mass is 263 g/mol. The van der Waals surface area contributed by atoms with Crippen molar-refractivity contribution in [2.45, 2.75) is 63.3 Å². The van der Waals surface area contributed by atoms with Crippen molar-refractivity contribution in [1.29, 1.82) is 5.26 Å². The lowest BCUT2D eigenvalue weighted by Gasteiger charge is -2.15. The third-order valence-electron chi connectivity index (χ3n) is 4.13. The average molecular weight is 264 g/mol. The normalized spacial score (nSPS) is 21.6. The fourth-order valence-corrected chi connectivity index (χ4v) is 3.24. The Hall–Kier alpha value is -1.01. The van der Waals surface area contributed by atoms with Crippen LogP contribution in [0.3, 0.4) is 0 Å². The molecule has 96 valence electrons. The molecule has 3 nitrogen and oxygen atoms in total. The molecule has 0 radical (unpaired) electrons. The maximum absolute atomic E-state index is 9.26. The molecule has 0 amide bonds. The third-order valence-corrected chi connectivity index (χ3v) is 4.49. The molecule has 3 rings (SSSR count). The van der Waals surface area contributed by atoms with Crippen LogP contribution in [-0.2, 0) is 0 Å². The first-order chi connectivity index (χ1) is 8.81. The number of hydrogen-bond acceptors (Lipinski definition) is 2. The second-order valence-corrected chi connectivity index (χ2v) is 5.89. The van der Waals surface area contributed by atoms with Gasteiger partial charge in [-0.1, -0.05) is 37.3 Å². The van der Waals surface area contributed by atoms with Gasteiger partial charge in [-0.05, 0) is 25.7 Å². The van der Waals surface area contributed by atoms with E-state index in [0.29, 0.717) is 22.7 Å². The minimum Gasteiger partial charge on any atom is -0.249 e. The Morgan fingerprint density at radius 2 is 1.78 bits per heavy atom. The van der Waals surface area contributed by atoms with Gasteiger partial charge >= 0.3 is 0 Å². The van der Waals surface area contributed by atoms with Crippen LogP contribution in [0.2, 0.25) is 5.15 Å². The second-order valence-electron chi connectivity index (χ2n) is 5.53. The predicted octanol–water partition coefficient (Wildman–Crippen LogP) is 4.18. The molecule has 2 saturated carbocycles. The number of nitrogens with zero attached hydrogens (tertiary/aromatic N) is 3. The van der Waals surface area contributed by atoms with Crippen molar-refractivity contribution in [3.63, 3.8) is 0 Å². The molecule has 0 N–H and O–H groups in total. The summed E-state index contributed by atoms with van der Waals surface area (Å²) in [5, 5.41) is 14.5. The molecule has 0 unspecified atom stereocenters. The van der Waals surface area contributed by atoms with Gasteiger partial charge < -0.3 is 0 Å². The summed E-state index contributed by atoms with van der Waals surface area (Å²) in [6.45, 7) is 0. The largest absolute Gasteiger partial charge is 0.249 e. The number of rotatable bonds is 2. The van der Waals surface area contributed by atoms with Crippen molar-refractivity contribution >= 4 is 11.6 Å². The SMILES string of the molecule is N#Cc1c(C2CC2)nn(C2CCCCCC2)c1Cl. The molecule has 18 heavy (non-hydrogen) atoms. The molecule has 1 aromatic rings. The summed E-state index contributed by atoms with van der Waals surface area (Å²) in [6.07, 6.45) is 9.75. The molecule has 0 saturated heterocycles. The lowest BCUT2D eigenvalue weighted by molar-refractivity contribution is 0.403.